The molecule has 1 aliphatic rings. The number of rotatable bonds is 5. The zero-order chi connectivity index (χ0) is 16.2. The molecule has 3 rings (SSSR count). The van der Waals surface area contributed by atoms with Crippen molar-refractivity contribution in [3.8, 4) is 0 Å². The molecule has 23 heavy (non-hydrogen) atoms. The van der Waals surface area contributed by atoms with Crippen LogP contribution in [-0.4, -0.2) is 52.5 Å². The second-order valence-electron chi connectivity index (χ2n) is 6.30. The Balaban J connectivity index is 1.50. The molecule has 6 nitrogen and oxygen atoms in total. The van der Waals surface area contributed by atoms with Crippen LogP contribution in [0, 0.1) is 12.8 Å². The molecule has 0 radical (unpaired) electrons. The molecule has 2 aromatic rings. The number of hydrogen-bond acceptors (Lipinski definition) is 5. The molecule has 0 N–H and O–H groups in total. The minimum atomic E-state index is -0.0528. The van der Waals surface area contributed by atoms with Gasteiger partial charge in [0.15, 0.2) is 0 Å². The molecular formula is C17H22N4O2. The molecule has 0 aromatic carbocycles. The third-order valence-corrected chi connectivity index (χ3v) is 4.16. The van der Waals surface area contributed by atoms with Gasteiger partial charge in [0.2, 0.25) is 5.76 Å². The summed E-state index contributed by atoms with van der Waals surface area (Å²) in [7, 11) is 2.11. The predicted octanol–water partition coefficient (Wildman–Crippen LogP) is 1.97. The van der Waals surface area contributed by atoms with E-state index in [0.717, 1.165) is 38.3 Å². The number of carbonyl (C=O) groups excluding carboxylic acids is 1. The van der Waals surface area contributed by atoms with Crippen molar-refractivity contribution >= 4 is 5.91 Å². The van der Waals surface area contributed by atoms with E-state index < -0.39 is 0 Å². The number of hydrogen-bond donors (Lipinski definition) is 0. The maximum atomic E-state index is 12.4. The number of amides is 1. The van der Waals surface area contributed by atoms with Gasteiger partial charge in [-0.3, -0.25) is 9.78 Å². The zero-order valence-corrected chi connectivity index (χ0v) is 13.6. The first-order chi connectivity index (χ1) is 11.1. The summed E-state index contributed by atoms with van der Waals surface area (Å²) in [4.78, 5) is 20.6. The van der Waals surface area contributed by atoms with Crippen molar-refractivity contribution in [2.75, 3.05) is 26.7 Å². The number of pyridine rings is 1. The number of nitrogens with zero attached hydrogens (tertiary/aromatic N) is 4. The van der Waals surface area contributed by atoms with Crippen molar-refractivity contribution in [1.29, 1.82) is 0 Å². The molecule has 0 spiro atoms. The topological polar surface area (TPSA) is 62.5 Å². The van der Waals surface area contributed by atoms with E-state index in [1.165, 1.54) is 5.56 Å². The molecule has 0 aliphatic carbocycles. The molecule has 1 atom stereocenters. The Labute approximate surface area is 136 Å². The Morgan fingerprint density at radius 2 is 2.39 bits per heavy atom. The van der Waals surface area contributed by atoms with E-state index in [9.17, 15) is 4.79 Å². The number of likely N-dealkylation sites (tertiary alicyclic amines) is 1. The van der Waals surface area contributed by atoms with Crippen molar-refractivity contribution in [3.05, 3.63) is 47.6 Å². The van der Waals surface area contributed by atoms with Gasteiger partial charge < -0.3 is 14.3 Å². The molecule has 122 valence electrons. The summed E-state index contributed by atoms with van der Waals surface area (Å²) >= 11 is 0. The van der Waals surface area contributed by atoms with Gasteiger partial charge in [0.1, 0.15) is 0 Å². The molecule has 1 aliphatic heterocycles. The third-order valence-electron chi connectivity index (χ3n) is 4.16. The fourth-order valence-electron chi connectivity index (χ4n) is 3.10. The first-order valence-corrected chi connectivity index (χ1v) is 7.92. The van der Waals surface area contributed by atoms with E-state index >= 15 is 0 Å². The maximum absolute atomic E-state index is 12.4. The molecule has 3 heterocycles. The molecule has 1 amide bonds. The van der Waals surface area contributed by atoms with Crippen LogP contribution in [0.2, 0.25) is 0 Å². The van der Waals surface area contributed by atoms with Gasteiger partial charge in [0.05, 0.1) is 5.69 Å². The minimum Gasteiger partial charge on any atom is -0.351 e. The van der Waals surface area contributed by atoms with Gasteiger partial charge in [-0.25, -0.2) is 0 Å². The van der Waals surface area contributed by atoms with Gasteiger partial charge in [-0.1, -0.05) is 11.2 Å². The van der Waals surface area contributed by atoms with Gasteiger partial charge >= 0.3 is 0 Å². The Bertz CT molecular complexity index is 656. The summed E-state index contributed by atoms with van der Waals surface area (Å²) in [5.41, 5.74) is 1.94. The van der Waals surface area contributed by atoms with Crippen molar-refractivity contribution < 1.29 is 9.32 Å². The fraction of sp³-hybridized carbons (Fsp3) is 0.471. The van der Waals surface area contributed by atoms with E-state index in [1.807, 2.05) is 24.1 Å². The molecule has 0 bridgehead atoms. The van der Waals surface area contributed by atoms with E-state index in [1.54, 1.807) is 12.3 Å². The van der Waals surface area contributed by atoms with Crippen LogP contribution in [-0.2, 0) is 6.54 Å². The van der Waals surface area contributed by atoms with E-state index in [4.69, 9.17) is 4.52 Å². The fourth-order valence-corrected chi connectivity index (χ4v) is 3.10. The molecule has 6 heteroatoms. The smallest absolute Gasteiger partial charge is 0.292 e. The molecule has 1 unspecified atom stereocenters. The summed E-state index contributed by atoms with van der Waals surface area (Å²) in [6.45, 7) is 5.22. The molecule has 0 saturated carbocycles. The average molecular weight is 314 g/mol. The summed E-state index contributed by atoms with van der Waals surface area (Å²) in [5, 5.41) is 3.79. The van der Waals surface area contributed by atoms with Gasteiger partial charge in [-0.2, -0.15) is 0 Å². The largest absolute Gasteiger partial charge is 0.351 e. The highest BCUT2D eigenvalue weighted by atomic mass is 16.5. The normalized spacial score (nSPS) is 17.9. The van der Waals surface area contributed by atoms with Crippen LogP contribution in [0.15, 0.2) is 35.1 Å². The van der Waals surface area contributed by atoms with Crippen molar-refractivity contribution in [3.63, 3.8) is 0 Å². The second-order valence-corrected chi connectivity index (χ2v) is 6.30. The van der Waals surface area contributed by atoms with Crippen LogP contribution in [0.4, 0.5) is 0 Å². The van der Waals surface area contributed by atoms with Crippen LogP contribution in [0.1, 0.15) is 28.2 Å². The minimum absolute atomic E-state index is 0.0528. The summed E-state index contributed by atoms with van der Waals surface area (Å²) < 4.78 is 5.08. The third kappa shape index (κ3) is 3.96. The summed E-state index contributed by atoms with van der Waals surface area (Å²) in [6, 6.07) is 5.74. The number of aryl methyl sites for hydroxylation is 1. The lowest BCUT2D eigenvalue weighted by atomic mass is 10.1. The monoisotopic (exact) mass is 314 g/mol. The lowest BCUT2D eigenvalue weighted by Gasteiger charge is -2.21. The van der Waals surface area contributed by atoms with Crippen molar-refractivity contribution in [2.24, 2.45) is 5.92 Å². The van der Waals surface area contributed by atoms with E-state index in [0.29, 0.717) is 11.7 Å². The summed E-state index contributed by atoms with van der Waals surface area (Å²) in [6.07, 6.45) is 4.71. The lowest BCUT2D eigenvalue weighted by Crippen LogP contribution is -2.31. The predicted molar refractivity (Wildman–Crippen MR) is 85.8 cm³/mol. The van der Waals surface area contributed by atoms with Crippen molar-refractivity contribution in [1.82, 2.24) is 19.9 Å². The number of aromatic nitrogens is 2. The van der Waals surface area contributed by atoms with Gasteiger partial charge in [0, 0.05) is 44.6 Å². The van der Waals surface area contributed by atoms with Crippen LogP contribution in [0.25, 0.3) is 0 Å². The highest BCUT2D eigenvalue weighted by Gasteiger charge is 2.29. The molecular weight excluding hydrogens is 292 g/mol. The van der Waals surface area contributed by atoms with Gasteiger partial charge in [0.25, 0.3) is 5.91 Å². The van der Waals surface area contributed by atoms with Crippen LogP contribution in [0.5, 0.6) is 0 Å². The molecule has 2 aromatic heterocycles. The summed E-state index contributed by atoms with van der Waals surface area (Å²) in [5.74, 6) is 0.777. The van der Waals surface area contributed by atoms with E-state index in [-0.39, 0.29) is 5.91 Å². The van der Waals surface area contributed by atoms with Gasteiger partial charge in [-0.15, -0.1) is 0 Å². The maximum Gasteiger partial charge on any atom is 0.292 e. The SMILES string of the molecule is Cc1cc(C(=O)N2CCC(CN(C)Cc3cccnc3)C2)on1. The zero-order valence-electron chi connectivity index (χ0n) is 13.6. The Hall–Kier alpha value is -2.21. The quantitative estimate of drug-likeness (QED) is 0.844. The highest BCUT2D eigenvalue weighted by Crippen LogP contribution is 2.20. The first kappa shape index (κ1) is 15.7. The second kappa shape index (κ2) is 6.91. The highest BCUT2D eigenvalue weighted by molar-refractivity contribution is 5.91. The van der Waals surface area contributed by atoms with Gasteiger partial charge in [-0.05, 0) is 37.9 Å². The Kier molecular flexibility index (Phi) is 4.71. The van der Waals surface area contributed by atoms with Crippen LogP contribution >= 0.6 is 0 Å². The van der Waals surface area contributed by atoms with Crippen LogP contribution in [0.3, 0.4) is 0 Å². The van der Waals surface area contributed by atoms with E-state index in [2.05, 4.69) is 28.2 Å². The molecule has 1 fully saturated rings. The average Bonchev–Trinajstić information content (AvgIpc) is 3.17. The van der Waals surface area contributed by atoms with Crippen LogP contribution < -0.4 is 0 Å². The Morgan fingerprint density at radius 1 is 1.52 bits per heavy atom. The number of carbonyl (C=O) groups is 1. The standard InChI is InChI=1S/C17H22N4O2/c1-13-8-16(23-19-13)17(22)21-7-5-15(12-21)11-20(2)10-14-4-3-6-18-9-14/h3-4,6,8-9,15H,5,7,10-12H2,1-2H3. The lowest BCUT2D eigenvalue weighted by molar-refractivity contribution is 0.0742. The Morgan fingerprint density at radius 3 is 3.09 bits per heavy atom. The first-order valence-electron chi connectivity index (χ1n) is 7.92. The molecule has 1 saturated heterocycles. The van der Waals surface area contributed by atoms with Crippen molar-refractivity contribution in [2.45, 2.75) is 19.9 Å².